The summed E-state index contributed by atoms with van der Waals surface area (Å²) in [6, 6.07) is 0.481. The van der Waals surface area contributed by atoms with Crippen molar-refractivity contribution in [3.8, 4) is 0 Å². The Hall–Kier alpha value is -1.18. The van der Waals surface area contributed by atoms with Crippen LogP contribution in [-0.4, -0.2) is 77.4 Å². The monoisotopic (exact) mass is 294 g/mol. The number of carbonyl (C=O) groups excluding carboxylic acids is 1. The van der Waals surface area contributed by atoms with Gasteiger partial charge in [0.1, 0.15) is 0 Å². The molecule has 1 aromatic heterocycles. The van der Waals surface area contributed by atoms with E-state index in [9.17, 15) is 4.79 Å². The van der Waals surface area contributed by atoms with Crippen LogP contribution in [0, 0.1) is 0 Å². The summed E-state index contributed by atoms with van der Waals surface area (Å²) in [5.41, 5.74) is 0.572. The second kappa shape index (κ2) is 6.07. The van der Waals surface area contributed by atoms with E-state index in [0.717, 1.165) is 39.4 Å². The molecule has 2 aliphatic heterocycles. The van der Waals surface area contributed by atoms with Gasteiger partial charge in [-0.2, -0.15) is 0 Å². The minimum atomic E-state index is 0.0298. The molecule has 3 heterocycles. The third-order valence-electron chi connectivity index (χ3n) is 3.77. The summed E-state index contributed by atoms with van der Waals surface area (Å²) in [7, 11) is 0. The first-order valence-corrected chi connectivity index (χ1v) is 7.97. The molecule has 6 nitrogen and oxygen atoms in total. The number of hydrogen-bond acceptors (Lipinski definition) is 6. The van der Waals surface area contributed by atoms with E-state index in [1.54, 1.807) is 12.4 Å². The first-order valence-electron chi connectivity index (χ1n) is 6.75. The highest BCUT2D eigenvalue weighted by atomic mass is 32.2. The lowest BCUT2D eigenvalue weighted by Gasteiger charge is -2.46. The molecule has 3 rings (SSSR count). The van der Waals surface area contributed by atoms with Gasteiger partial charge in [-0.1, -0.05) is 11.8 Å². The fourth-order valence-electron chi connectivity index (χ4n) is 2.51. The van der Waals surface area contributed by atoms with Crippen LogP contribution in [0.4, 0.5) is 0 Å². The summed E-state index contributed by atoms with van der Waals surface area (Å²) in [6.45, 7) is 5.13. The van der Waals surface area contributed by atoms with Crippen molar-refractivity contribution in [3.63, 3.8) is 0 Å². The van der Waals surface area contributed by atoms with Crippen LogP contribution in [0.1, 0.15) is 10.4 Å². The van der Waals surface area contributed by atoms with Crippen LogP contribution in [0.5, 0.6) is 0 Å². The number of nitrogens with zero attached hydrogens (tertiary/aromatic N) is 4. The van der Waals surface area contributed by atoms with Gasteiger partial charge in [0.25, 0.3) is 5.91 Å². The Kier molecular flexibility index (Phi) is 4.18. The average molecular weight is 294 g/mol. The van der Waals surface area contributed by atoms with Gasteiger partial charge in [-0.05, 0) is 6.26 Å². The second-order valence-electron chi connectivity index (χ2n) is 4.97. The first kappa shape index (κ1) is 13.8. The van der Waals surface area contributed by atoms with Crippen molar-refractivity contribution in [1.29, 1.82) is 0 Å². The number of morpholine rings is 1. The SMILES string of the molecule is CSc1ncc(C(=O)N2CC(N3CCOCC3)C2)cn1. The predicted molar refractivity (Wildman–Crippen MR) is 75.9 cm³/mol. The number of carbonyl (C=O) groups is 1. The highest BCUT2D eigenvalue weighted by Gasteiger charge is 2.35. The molecule has 0 unspecified atom stereocenters. The molecule has 2 fully saturated rings. The minimum Gasteiger partial charge on any atom is -0.379 e. The largest absolute Gasteiger partial charge is 0.379 e. The summed E-state index contributed by atoms with van der Waals surface area (Å²) < 4.78 is 5.34. The molecule has 0 radical (unpaired) electrons. The molecule has 20 heavy (non-hydrogen) atoms. The van der Waals surface area contributed by atoms with E-state index in [1.165, 1.54) is 11.8 Å². The van der Waals surface area contributed by atoms with E-state index < -0.39 is 0 Å². The molecule has 0 saturated carbocycles. The predicted octanol–water partition coefficient (Wildman–Crippen LogP) is 0.355. The van der Waals surface area contributed by atoms with Crippen molar-refractivity contribution >= 4 is 17.7 Å². The molecule has 1 amide bonds. The number of rotatable bonds is 3. The minimum absolute atomic E-state index is 0.0298. The van der Waals surface area contributed by atoms with Crippen LogP contribution in [-0.2, 0) is 4.74 Å². The van der Waals surface area contributed by atoms with E-state index in [0.29, 0.717) is 16.8 Å². The summed E-state index contributed by atoms with van der Waals surface area (Å²) in [6.07, 6.45) is 5.14. The molecule has 2 aliphatic rings. The number of hydrogen-bond donors (Lipinski definition) is 0. The summed E-state index contributed by atoms with van der Waals surface area (Å²) in [5, 5.41) is 0.691. The fourth-order valence-corrected chi connectivity index (χ4v) is 2.83. The van der Waals surface area contributed by atoms with E-state index in [4.69, 9.17) is 4.74 Å². The molecule has 0 aromatic carbocycles. The van der Waals surface area contributed by atoms with E-state index in [1.807, 2.05) is 11.2 Å². The Labute approximate surface area is 122 Å². The van der Waals surface area contributed by atoms with Crippen molar-refractivity contribution in [2.24, 2.45) is 0 Å². The number of aromatic nitrogens is 2. The van der Waals surface area contributed by atoms with Gasteiger partial charge in [-0.25, -0.2) is 9.97 Å². The third-order valence-corrected chi connectivity index (χ3v) is 4.35. The standard InChI is InChI=1S/C13H18N4O2S/c1-20-13-14-6-10(7-15-13)12(18)17-8-11(9-17)16-2-4-19-5-3-16/h6-7,11H,2-5,8-9H2,1H3. The smallest absolute Gasteiger partial charge is 0.257 e. The van der Waals surface area contributed by atoms with Crippen molar-refractivity contribution in [2.45, 2.75) is 11.2 Å². The zero-order valence-corrected chi connectivity index (χ0v) is 12.3. The zero-order chi connectivity index (χ0) is 13.9. The fraction of sp³-hybridized carbons (Fsp3) is 0.615. The van der Waals surface area contributed by atoms with Crippen molar-refractivity contribution < 1.29 is 9.53 Å². The molecule has 1 aromatic rings. The Morgan fingerprint density at radius 3 is 2.55 bits per heavy atom. The number of amides is 1. The van der Waals surface area contributed by atoms with Gasteiger partial charge in [-0.3, -0.25) is 9.69 Å². The van der Waals surface area contributed by atoms with Crippen LogP contribution >= 0.6 is 11.8 Å². The normalized spacial score (nSPS) is 20.8. The summed E-state index contributed by atoms with van der Waals surface area (Å²) in [4.78, 5) is 24.8. The molecule has 0 atom stereocenters. The topological polar surface area (TPSA) is 58.6 Å². The van der Waals surface area contributed by atoms with Crippen molar-refractivity contribution in [3.05, 3.63) is 18.0 Å². The van der Waals surface area contributed by atoms with E-state index in [2.05, 4.69) is 14.9 Å². The van der Waals surface area contributed by atoms with Gasteiger partial charge in [0.05, 0.1) is 18.8 Å². The Morgan fingerprint density at radius 2 is 1.95 bits per heavy atom. The Bertz CT molecular complexity index is 470. The number of thioether (sulfide) groups is 1. The highest BCUT2D eigenvalue weighted by Crippen LogP contribution is 2.19. The van der Waals surface area contributed by atoms with Crippen LogP contribution < -0.4 is 0 Å². The average Bonchev–Trinajstić information content (AvgIpc) is 2.47. The maximum absolute atomic E-state index is 12.3. The lowest BCUT2D eigenvalue weighted by Crippen LogP contribution is -2.62. The molecule has 0 bridgehead atoms. The summed E-state index contributed by atoms with van der Waals surface area (Å²) in [5.74, 6) is 0.0298. The Balaban J connectivity index is 1.54. The van der Waals surface area contributed by atoms with Crippen molar-refractivity contribution in [2.75, 3.05) is 45.6 Å². The molecule has 0 N–H and O–H groups in total. The highest BCUT2D eigenvalue weighted by molar-refractivity contribution is 7.98. The maximum Gasteiger partial charge on any atom is 0.257 e. The first-order chi connectivity index (χ1) is 9.78. The van der Waals surface area contributed by atoms with Gasteiger partial charge >= 0.3 is 0 Å². The third kappa shape index (κ3) is 2.79. The maximum atomic E-state index is 12.3. The second-order valence-corrected chi connectivity index (χ2v) is 5.74. The molecule has 7 heteroatoms. The summed E-state index contributed by atoms with van der Waals surface area (Å²) >= 11 is 1.47. The van der Waals surface area contributed by atoms with Crippen LogP contribution in [0.15, 0.2) is 17.6 Å². The lowest BCUT2D eigenvalue weighted by molar-refractivity contribution is -0.0256. The van der Waals surface area contributed by atoms with Gasteiger partial charge in [0.2, 0.25) is 0 Å². The lowest BCUT2D eigenvalue weighted by atomic mass is 10.1. The Morgan fingerprint density at radius 1 is 1.30 bits per heavy atom. The van der Waals surface area contributed by atoms with Gasteiger partial charge in [-0.15, -0.1) is 0 Å². The van der Waals surface area contributed by atoms with Gasteiger partial charge in [0.15, 0.2) is 5.16 Å². The molecule has 0 aliphatic carbocycles. The van der Waals surface area contributed by atoms with Crippen LogP contribution in [0.3, 0.4) is 0 Å². The molecule has 108 valence electrons. The number of likely N-dealkylation sites (tertiary alicyclic amines) is 1. The molecule has 2 saturated heterocycles. The quantitative estimate of drug-likeness (QED) is 0.592. The molecular weight excluding hydrogens is 276 g/mol. The zero-order valence-electron chi connectivity index (χ0n) is 11.5. The molecular formula is C13H18N4O2S. The van der Waals surface area contributed by atoms with Crippen LogP contribution in [0.25, 0.3) is 0 Å². The van der Waals surface area contributed by atoms with Crippen molar-refractivity contribution in [1.82, 2.24) is 19.8 Å². The van der Waals surface area contributed by atoms with Gasteiger partial charge in [0, 0.05) is 44.6 Å². The number of ether oxygens (including phenoxy) is 1. The van der Waals surface area contributed by atoms with Gasteiger partial charge < -0.3 is 9.64 Å². The molecule has 0 spiro atoms. The van der Waals surface area contributed by atoms with E-state index >= 15 is 0 Å². The van der Waals surface area contributed by atoms with E-state index in [-0.39, 0.29) is 5.91 Å². The van der Waals surface area contributed by atoms with Crippen LogP contribution in [0.2, 0.25) is 0 Å².